The van der Waals surface area contributed by atoms with Crippen LogP contribution in [0.1, 0.15) is 38.2 Å². The standard InChI is InChI=1S/C19H32N4O3S/c1-4-20-18(22-15-19(10-7-11-19)12-13-26-2)21-14-16-8-5-6-9-17(16)23-27(3,24)25/h5-6,8-9,23H,4,7,10-15H2,1-3H3,(H2,20,21,22). The molecule has 0 radical (unpaired) electrons. The monoisotopic (exact) mass is 396 g/mol. The number of nitrogens with one attached hydrogen (secondary N) is 3. The van der Waals surface area contributed by atoms with Crippen LogP contribution in [0.3, 0.4) is 0 Å². The van der Waals surface area contributed by atoms with Gasteiger partial charge in [0.25, 0.3) is 0 Å². The minimum atomic E-state index is -3.32. The number of guanidine groups is 1. The Hall–Kier alpha value is -1.80. The zero-order valence-electron chi connectivity index (χ0n) is 16.5. The van der Waals surface area contributed by atoms with Gasteiger partial charge in [0.1, 0.15) is 0 Å². The first-order valence-electron chi connectivity index (χ1n) is 9.44. The predicted molar refractivity (Wildman–Crippen MR) is 111 cm³/mol. The van der Waals surface area contributed by atoms with Gasteiger partial charge in [0.2, 0.25) is 10.0 Å². The summed E-state index contributed by atoms with van der Waals surface area (Å²) in [7, 11) is -1.58. The van der Waals surface area contributed by atoms with E-state index in [0.29, 0.717) is 17.6 Å². The van der Waals surface area contributed by atoms with E-state index in [2.05, 4.69) is 20.3 Å². The Balaban J connectivity index is 2.03. The number of benzene rings is 1. The van der Waals surface area contributed by atoms with Crippen LogP contribution >= 0.6 is 0 Å². The van der Waals surface area contributed by atoms with Gasteiger partial charge in [-0.1, -0.05) is 24.6 Å². The average Bonchev–Trinajstić information content (AvgIpc) is 2.58. The molecule has 1 saturated carbocycles. The minimum Gasteiger partial charge on any atom is -0.385 e. The Morgan fingerprint density at radius 3 is 2.59 bits per heavy atom. The Morgan fingerprint density at radius 2 is 2.00 bits per heavy atom. The first-order valence-corrected chi connectivity index (χ1v) is 11.3. The van der Waals surface area contributed by atoms with Crippen LogP contribution in [0, 0.1) is 5.41 Å². The number of ether oxygens (including phenoxy) is 1. The maximum atomic E-state index is 11.6. The van der Waals surface area contributed by atoms with Gasteiger partial charge in [0, 0.05) is 26.8 Å². The number of methoxy groups -OCH3 is 1. The maximum absolute atomic E-state index is 11.6. The molecule has 0 heterocycles. The molecule has 0 aliphatic heterocycles. The summed E-state index contributed by atoms with van der Waals surface area (Å²) in [6.45, 7) is 4.82. The van der Waals surface area contributed by atoms with Crippen molar-refractivity contribution >= 4 is 21.7 Å². The summed E-state index contributed by atoms with van der Waals surface area (Å²) in [5, 5.41) is 6.72. The van der Waals surface area contributed by atoms with Crippen LogP contribution in [0.4, 0.5) is 5.69 Å². The highest BCUT2D eigenvalue weighted by Crippen LogP contribution is 2.43. The third kappa shape index (κ3) is 7.03. The van der Waals surface area contributed by atoms with Crippen molar-refractivity contribution in [1.82, 2.24) is 10.6 Å². The second-order valence-electron chi connectivity index (χ2n) is 7.18. The summed E-state index contributed by atoms with van der Waals surface area (Å²) in [5.74, 6) is 0.746. The van der Waals surface area contributed by atoms with Crippen molar-refractivity contribution in [3.63, 3.8) is 0 Å². The summed E-state index contributed by atoms with van der Waals surface area (Å²) < 4.78 is 30.9. The van der Waals surface area contributed by atoms with Crippen molar-refractivity contribution in [2.75, 3.05) is 37.8 Å². The number of aliphatic imine (C=N–C) groups is 1. The number of hydrogen-bond donors (Lipinski definition) is 3. The van der Waals surface area contributed by atoms with E-state index in [1.165, 1.54) is 19.3 Å². The summed E-state index contributed by atoms with van der Waals surface area (Å²) >= 11 is 0. The van der Waals surface area contributed by atoms with Gasteiger partial charge in [-0.05, 0) is 43.2 Å². The number of nitrogens with zero attached hydrogens (tertiary/aromatic N) is 1. The number of anilines is 1. The predicted octanol–water partition coefficient (Wildman–Crippen LogP) is 2.32. The smallest absolute Gasteiger partial charge is 0.229 e. The maximum Gasteiger partial charge on any atom is 0.229 e. The van der Waals surface area contributed by atoms with E-state index < -0.39 is 10.0 Å². The molecule has 1 aromatic rings. The van der Waals surface area contributed by atoms with Crippen molar-refractivity contribution in [2.45, 2.75) is 39.2 Å². The van der Waals surface area contributed by atoms with Crippen molar-refractivity contribution in [2.24, 2.45) is 10.4 Å². The van der Waals surface area contributed by atoms with E-state index in [9.17, 15) is 8.42 Å². The van der Waals surface area contributed by atoms with E-state index in [0.717, 1.165) is 43.9 Å². The van der Waals surface area contributed by atoms with Crippen molar-refractivity contribution in [3.05, 3.63) is 29.8 Å². The zero-order chi connectivity index (χ0) is 19.8. The molecule has 0 aromatic heterocycles. The lowest BCUT2D eigenvalue weighted by molar-refractivity contribution is 0.0732. The molecule has 152 valence electrons. The van der Waals surface area contributed by atoms with Gasteiger partial charge in [-0.25, -0.2) is 13.4 Å². The quantitative estimate of drug-likeness (QED) is 0.417. The van der Waals surface area contributed by atoms with Gasteiger partial charge in [-0.3, -0.25) is 4.72 Å². The fourth-order valence-corrected chi connectivity index (χ4v) is 3.84. The van der Waals surface area contributed by atoms with Gasteiger partial charge < -0.3 is 15.4 Å². The van der Waals surface area contributed by atoms with Crippen LogP contribution in [0.15, 0.2) is 29.3 Å². The molecule has 3 N–H and O–H groups in total. The highest BCUT2D eigenvalue weighted by Gasteiger charge is 2.36. The van der Waals surface area contributed by atoms with Gasteiger partial charge in [-0.15, -0.1) is 0 Å². The number of rotatable bonds is 10. The lowest BCUT2D eigenvalue weighted by atomic mass is 9.67. The Morgan fingerprint density at radius 1 is 1.26 bits per heavy atom. The first-order chi connectivity index (χ1) is 12.9. The lowest BCUT2D eigenvalue weighted by Gasteiger charge is -2.42. The van der Waals surface area contributed by atoms with Crippen LogP contribution in [0.5, 0.6) is 0 Å². The van der Waals surface area contributed by atoms with E-state index in [1.807, 2.05) is 19.1 Å². The molecular weight excluding hydrogens is 364 g/mol. The van der Waals surface area contributed by atoms with Crippen LogP contribution in [-0.4, -0.2) is 47.4 Å². The molecule has 1 aliphatic rings. The normalized spacial score (nSPS) is 16.5. The molecule has 0 spiro atoms. The van der Waals surface area contributed by atoms with Crippen LogP contribution in [0.2, 0.25) is 0 Å². The Labute approximate surface area is 163 Å². The fourth-order valence-electron chi connectivity index (χ4n) is 3.25. The second kappa shape index (κ2) is 9.94. The Bertz CT molecular complexity index is 730. The lowest BCUT2D eigenvalue weighted by Crippen LogP contribution is -2.47. The second-order valence-corrected chi connectivity index (χ2v) is 8.92. The Kier molecular flexibility index (Phi) is 7.91. The average molecular weight is 397 g/mol. The van der Waals surface area contributed by atoms with Gasteiger partial charge in [0.05, 0.1) is 18.5 Å². The minimum absolute atomic E-state index is 0.294. The molecule has 1 aromatic carbocycles. The van der Waals surface area contributed by atoms with Crippen LogP contribution < -0.4 is 15.4 Å². The summed E-state index contributed by atoms with van der Waals surface area (Å²) in [6.07, 6.45) is 5.89. The molecule has 2 rings (SSSR count). The van der Waals surface area contributed by atoms with E-state index in [4.69, 9.17) is 4.74 Å². The number of para-hydroxylation sites is 1. The first kappa shape index (κ1) is 21.5. The molecule has 0 bridgehead atoms. The van der Waals surface area contributed by atoms with E-state index in [-0.39, 0.29) is 0 Å². The summed E-state index contributed by atoms with van der Waals surface area (Å²) in [6, 6.07) is 7.32. The van der Waals surface area contributed by atoms with E-state index >= 15 is 0 Å². The molecule has 0 saturated heterocycles. The highest BCUT2D eigenvalue weighted by molar-refractivity contribution is 7.92. The molecule has 7 nitrogen and oxygen atoms in total. The van der Waals surface area contributed by atoms with Crippen molar-refractivity contribution in [1.29, 1.82) is 0 Å². The van der Waals surface area contributed by atoms with Gasteiger partial charge >= 0.3 is 0 Å². The number of hydrogen-bond acceptors (Lipinski definition) is 4. The molecule has 8 heteroatoms. The van der Waals surface area contributed by atoms with Gasteiger partial charge in [0.15, 0.2) is 5.96 Å². The molecule has 1 aliphatic carbocycles. The van der Waals surface area contributed by atoms with Gasteiger partial charge in [-0.2, -0.15) is 0 Å². The molecule has 1 fully saturated rings. The largest absolute Gasteiger partial charge is 0.385 e. The van der Waals surface area contributed by atoms with Crippen molar-refractivity contribution in [3.8, 4) is 0 Å². The summed E-state index contributed by atoms with van der Waals surface area (Å²) in [5.41, 5.74) is 1.69. The third-order valence-electron chi connectivity index (χ3n) is 4.95. The zero-order valence-corrected chi connectivity index (χ0v) is 17.4. The molecule has 0 unspecified atom stereocenters. The third-order valence-corrected chi connectivity index (χ3v) is 5.54. The van der Waals surface area contributed by atoms with Crippen molar-refractivity contribution < 1.29 is 13.2 Å². The molecule has 27 heavy (non-hydrogen) atoms. The van der Waals surface area contributed by atoms with E-state index in [1.54, 1.807) is 19.2 Å². The molecule has 0 atom stereocenters. The number of sulfonamides is 1. The SMILES string of the molecule is CCNC(=NCc1ccccc1NS(C)(=O)=O)NCC1(CCOC)CCC1. The van der Waals surface area contributed by atoms with Crippen LogP contribution in [0.25, 0.3) is 0 Å². The van der Waals surface area contributed by atoms with Crippen LogP contribution in [-0.2, 0) is 21.3 Å². The highest BCUT2D eigenvalue weighted by atomic mass is 32.2. The fraction of sp³-hybridized carbons (Fsp3) is 0.632. The summed E-state index contributed by atoms with van der Waals surface area (Å²) in [4.78, 5) is 4.64. The topological polar surface area (TPSA) is 91.8 Å². The molecular formula is C19H32N4O3S. The molecule has 0 amide bonds.